The third-order valence-corrected chi connectivity index (χ3v) is 2.88. The Morgan fingerprint density at radius 3 is 2.75 bits per heavy atom. The van der Waals surface area contributed by atoms with Crippen LogP contribution in [-0.4, -0.2) is 26.8 Å². The van der Waals surface area contributed by atoms with Crippen LogP contribution in [0.15, 0.2) is 24.5 Å². The van der Waals surface area contributed by atoms with Gasteiger partial charge in [-0.2, -0.15) is 18.3 Å². The third kappa shape index (κ3) is 4.85. The van der Waals surface area contributed by atoms with Crippen molar-refractivity contribution in [2.45, 2.75) is 32.7 Å². The van der Waals surface area contributed by atoms with Gasteiger partial charge in [0.05, 0.1) is 11.1 Å². The summed E-state index contributed by atoms with van der Waals surface area (Å²) < 4.78 is 43.8. The van der Waals surface area contributed by atoms with Crippen molar-refractivity contribution >= 4 is 23.2 Å². The van der Waals surface area contributed by atoms with Crippen LogP contribution >= 0.6 is 11.6 Å². The highest BCUT2D eigenvalue weighted by Gasteiger charge is 2.33. The molecule has 130 valence electrons. The molecule has 0 fully saturated rings. The lowest BCUT2D eigenvalue weighted by Gasteiger charge is -2.14. The van der Waals surface area contributed by atoms with E-state index in [0.29, 0.717) is 0 Å². The molecule has 0 aliphatic rings. The third-order valence-electron chi connectivity index (χ3n) is 2.68. The summed E-state index contributed by atoms with van der Waals surface area (Å²) in [7, 11) is 0. The van der Waals surface area contributed by atoms with Gasteiger partial charge in [0, 0.05) is 12.4 Å². The van der Waals surface area contributed by atoms with E-state index < -0.39 is 24.3 Å². The van der Waals surface area contributed by atoms with Crippen molar-refractivity contribution in [3.05, 3.63) is 35.2 Å². The van der Waals surface area contributed by atoms with Gasteiger partial charge in [-0.05, 0) is 26.0 Å². The van der Waals surface area contributed by atoms with Crippen molar-refractivity contribution in [2.24, 2.45) is 0 Å². The maximum absolute atomic E-state index is 12.5. The summed E-state index contributed by atoms with van der Waals surface area (Å²) in [5.74, 6) is -0.427. The highest BCUT2D eigenvalue weighted by atomic mass is 35.5. The smallest absolute Gasteiger partial charge is 0.435 e. The Kier molecular flexibility index (Phi) is 5.33. The summed E-state index contributed by atoms with van der Waals surface area (Å²) in [6.45, 7) is 3.16. The van der Waals surface area contributed by atoms with Crippen molar-refractivity contribution in [1.29, 1.82) is 0 Å². The zero-order chi connectivity index (χ0) is 17.9. The Balaban J connectivity index is 2.09. The van der Waals surface area contributed by atoms with Gasteiger partial charge in [-0.25, -0.2) is 4.98 Å². The molecule has 0 unspecified atom stereocenters. The van der Waals surface area contributed by atoms with Gasteiger partial charge in [-0.1, -0.05) is 11.6 Å². The average Bonchev–Trinajstić information content (AvgIpc) is 2.89. The summed E-state index contributed by atoms with van der Waals surface area (Å²) in [6.07, 6.45) is -2.31. The number of nitrogens with zero attached hydrogens (tertiary/aromatic N) is 3. The van der Waals surface area contributed by atoms with E-state index in [1.807, 2.05) is 0 Å². The minimum absolute atomic E-state index is 0.166. The molecule has 2 aromatic heterocycles. The molecule has 24 heavy (non-hydrogen) atoms. The van der Waals surface area contributed by atoms with Crippen molar-refractivity contribution in [1.82, 2.24) is 14.8 Å². The first-order valence-electron chi connectivity index (χ1n) is 6.88. The topological polar surface area (TPSA) is 69.0 Å². The van der Waals surface area contributed by atoms with E-state index in [1.54, 1.807) is 13.8 Å². The van der Waals surface area contributed by atoms with E-state index >= 15 is 0 Å². The number of ether oxygens (including phenoxy) is 1. The number of halogens is 4. The molecule has 1 N–H and O–H groups in total. The SMILES string of the molecule is CC(C)Oc1ncc(Cl)cc1NC(=O)Cn1ccc(C(F)(F)F)n1. The van der Waals surface area contributed by atoms with Gasteiger partial charge in [0.1, 0.15) is 12.2 Å². The fourth-order valence-corrected chi connectivity index (χ4v) is 1.93. The lowest BCUT2D eigenvalue weighted by atomic mass is 10.3. The average molecular weight is 363 g/mol. The highest BCUT2D eigenvalue weighted by molar-refractivity contribution is 6.30. The second-order valence-electron chi connectivity index (χ2n) is 5.12. The molecule has 0 aliphatic carbocycles. The zero-order valence-corrected chi connectivity index (χ0v) is 13.5. The summed E-state index contributed by atoms with van der Waals surface area (Å²) in [4.78, 5) is 16.0. The second kappa shape index (κ2) is 7.08. The van der Waals surface area contributed by atoms with Gasteiger partial charge in [-0.15, -0.1) is 0 Å². The molecule has 0 aliphatic heterocycles. The van der Waals surface area contributed by atoms with Crippen LogP contribution in [0.25, 0.3) is 0 Å². The molecule has 1 amide bonds. The number of amides is 1. The Morgan fingerprint density at radius 2 is 2.17 bits per heavy atom. The Bertz CT molecular complexity index is 731. The molecule has 0 atom stereocenters. The lowest BCUT2D eigenvalue weighted by molar-refractivity contribution is -0.141. The molecular formula is C14H14ClF3N4O2. The fourth-order valence-electron chi connectivity index (χ4n) is 1.77. The van der Waals surface area contributed by atoms with Gasteiger partial charge < -0.3 is 10.1 Å². The summed E-state index contributed by atoms with van der Waals surface area (Å²) in [5.41, 5.74) is -0.840. The fraction of sp³-hybridized carbons (Fsp3) is 0.357. The number of alkyl halides is 3. The minimum atomic E-state index is -4.56. The van der Waals surface area contributed by atoms with Crippen LogP contribution in [0.5, 0.6) is 5.88 Å². The molecule has 0 saturated carbocycles. The van der Waals surface area contributed by atoms with Crippen molar-refractivity contribution in [3.63, 3.8) is 0 Å². The molecular weight excluding hydrogens is 349 g/mol. The Hall–Kier alpha value is -2.29. The minimum Gasteiger partial charge on any atom is -0.473 e. The number of rotatable bonds is 5. The van der Waals surface area contributed by atoms with E-state index in [9.17, 15) is 18.0 Å². The Morgan fingerprint density at radius 1 is 1.46 bits per heavy atom. The van der Waals surface area contributed by atoms with E-state index in [1.165, 1.54) is 12.3 Å². The monoisotopic (exact) mass is 362 g/mol. The van der Waals surface area contributed by atoms with Crippen LogP contribution in [0.2, 0.25) is 5.02 Å². The second-order valence-corrected chi connectivity index (χ2v) is 5.55. The molecule has 10 heteroatoms. The highest BCUT2D eigenvalue weighted by Crippen LogP contribution is 2.28. The van der Waals surface area contributed by atoms with Crippen LogP contribution in [0.1, 0.15) is 19.5 Å². The number of aromatic nitrogens is 3. The van der Waals surface area contributed by atoms with E-state index in [4.69, 9.17) is 16.3 Å². The summed E-state index contributed by atoms with van der Waals surface area (Å²) >= 11 is 5.84. The Labute approximate surface area is 140 Å². The molecule has 0 bridgehead atoms. The molecule has 2 heterocycles. The van der Waals surface area contributed by atoms with Gasteiger partial charge in [-0.3, -0.25) is 9.48 Å². The van der Waals surface area contributed by atoms with Gasteiger partial charge in [0.2, 0.25) is 11.8 Å². The number of carbonyl (C=O) groups is 1. The molecule has 2 rings (SSSR count). The van der Waals surface area contributed by atoms with Crippen LogP contribution in [0, 0.1) is 0 Å². The first-order valence-corrected chi connectivity index (χ1v) is 7.25. The maximum atomic E-state index is 12.5. The van der Waals surface area contributed by atoms with Crippen LogP contribution < -0.4 is 10.1 Å². The van der Waals surface area contributed by atoms with Crippen molar-refractivity contribution in [2.75, 3.05) is 5.32 Å². The van der Waals surface area contributed by atoms with Crippen LogP contribution in [-0.2, 0) is 17.5 Å². The summed E-state index contributed by atoms with van der Waals surface area (Å²) in [5, 5.41) is 6.09. The molecule has 2 aromatic rings. The van der Waals surface area contributed by atoms with E-state index in [2.05, 4.69) is 15.4 Å². The quantitative estimate of drug-likeness (QED) is 0.885. The summed E-state index contributed by atoms with van der Waals surface area (Å²) in [6, 6.07) is 2.23. The zero-order valence-electron chi connectivity index (χ0n) is 12.8. The molecule has 0 aromatic carbocycles. The lowest BCUT2D eigenvalue weighted by Crippen LogP contribution is -2.21. The number of carbonyl (C=O) groups excluding carboxylic acids is 1. The molecule has 0 radical (unpaired) electrons. The molecule has 0 saturated heterocycles. The predicted octanol–water partition coefficient (Wildman–Crippen LogP) is 3.38. The van der Waals surface area contributed by atoms with Gasteiger partial charge in [0.15, 0.2) is 5.69 Å². The first kappa shape index (κ1) is 18.1. The predicted molar refractivity (Wildman–Crippen MR) is 80.9 cm³/mol. The number of hydrogen-bond donors (Lipinski definition) is 1. The van der Waals surface area contributed by atoms with Crippen LogP contribution in [0.4, 0.5) is 18.9 Å². The number of hydrogen-bond acceptors (Lipinski definition) is 4. The van der Waals surface area contributed by atoms with Gasteiger partial charge in [0.25, 0.3) is 0 Å². The van der Waals surface area contributed by atoms with E-state index in [0.717, 1.165) is 16.9 Å². The molecule has 0 spiro atoms. The maximum Gasteiger partial charge on any atom is 0.435 e. The first-order chi connectivity index (χ1) is 11.1. The normalized spacial score (nSPS) is 11.6. The van der Waals surface area contributed by atoms with Gasteiger partial charge >= 0.3 is 6.18 Å². The van der Waals surface area contributed by atoms with E-state index in [-0.39, 0.29) is 22.7 Å². The van der Waals surface area contributed by atoms with Crippen LogP contribution in [0.3, 0.4) is 0 Å². The number of anilines is 1. The van der Waals surface area contributed by atoms with Crippen molar-refractivity contribution in [3.8, 4) is 5.88 Å². The molecule has 6 nitrogen and oxygen atoms in total. The number of pyridine rings is 1. The number of nitrogens with one attached hydrogen (secondary N) is 1. The standard InChI is InChI=1S/C14H14ClF3N4O2/c1-8(2)24-13-10(5-9(15)6-19-13)20-12(23)7-22-4-3-11(21-22)14(16,17)18/h3-6,8H,7H2,1-2H3,(H,20,23). The van der Waals surface area contributed by atoms with Crippen molar-refractivity contribution < 1.29 is 22.7 Å². The largest absolute Gasteiger partial charge is 0.473 e.